The summed E-state index contributed by atoms with van der Waals surface area (Å²) in [6.45, 7) is 0. The van der Waals surface area contributed by atoms with Gasteiger partial charge in [0.1, 0.15) is 17.7 Å². The van der Waals surface area contributed by atoms with E-state index < -0.39 is 11.9 Å². The lowest BCUT2D eigenvalue weighted by molar-refractivity contribution is -0.140. The summed E-state index contributed by atoms with van der Waals surface area (Å²) in [7, 11) is 3.12. The van der Waals surface area contributed by atoms with E-state index in [0.29, 0.717) is 29.6 Å². The fourth-order valence-electron chi connectivity index (χ4n) is 4.50. The predicted octanol–water partition coefficient (Wildman–Crippen LogP) is 5.31. The predicted molar refractivity (Wildman–Crippen MR) is 130 cm³/mol. The Morgan fingerprint density at radius 1 is 1.08 bits per heavy atom. The topological polar surface area (TPSA) is 94.4 Å². The second-order valence-electron chi connectivity index (χ2n) is 9.12. The lowest BCUT2D eigenvalue weighted by Crippen LogP contribution is -2.04. The number of alkyl halides is 3. The molecule has 0 radical (unpaired) electrons. The number of H-pyrrole nitrogens is 1. The number of methoxy groups -OCH3 is 1. The molecule has 6 rings (SSSR count). The van der Waals surface area contributed by atoms with Gasteiger partial charge in [0.15, 0.2) is 11.5 Å². The average molecular weight is 506 g/mol. The van der Waals surface area contributed by atoms with E-state index in [2.05, 4.69) is 24.9 Å². The molecule has 11 heteroatoms. The SMILES string of the molecule is COc1ncnc(C2CC2)c1-c1ncc2[nH]cc(Cc3ccc(-c4nc(C(F)(F)F)cn4C)cc3)c2n1. The van der Waals surface area contributed by atoms with Gasteiger partial charge in [0, 0.05) is 42.9 Å². The van der Waals surface area contributed by atoms with Crippen LogP contribution < -0.4 is 4.74 Å². The summed E-state index contributed by atoms with van der Waals surface area (Å²) in [4.78, 5) is 25.2. The van der Waals surface area contributed by atoms with E-state index in [4.69, 9.17) is 9.72 Å². The van der Waals surface area contributed by atoms with E-state index >= 15 is 0 Å². The van der Waals surface area contributed by atoms with Crippen molar-refractivity contribution in [2.24, 2.45) is 7.05 Å². The summed E-state index contributed by atoms with van der Waals surface area (Å²) in [5.74, 6) is 1.58. The number of benzene rings is 1. The summed E-state index contributed by atoms with van der Waals surface area (Å²) in [6.07, 6.45) is 4.36. The van der Waals surface area contributed by atoms with E-state index in [1.807, 2.05) is 18.3 Å². The molecule has 1 aromatic carbocycles. The Labute approximate surface area is 209 Å². The minimum Gasteiger partial charge on any atom is -0.480 e. The molecule has 0 amide bonds. The molecule has 1 aliphatic rings. The Morgan fingerprint density at radius 3 is 2.54 bits per heavy atom. The van der Waals surface area contributed by atoms with Crippen LogP contribution in [0.25, 0.3) is 33.8 Å². The van der Waals surface area contributed by atoms with E-state index in [1.165, 1.54) is 10.9 Å². The lowest BCUT2D eigenvalue weighted by atomic mass is 10.0. The molecule has 1 saturated carbocycles. The zero-order chi connectivity index (χ0) is 25.7. The van der Waals surface area contributed by atoms with Crippen molar-refractivity contribution in [2.75, 3.05) is 7.11 Å². The van der Waals surface area contributed by atoms with Crippen LogP contribution >= 0.6 is 0 Å². The number of rotatable bonds is 6. The van der Waals surface area contributed by atoms with Crippen molar-refractivity contribution in [3.8, 4) is 28.7 Å². The van der Waals surface area contributed by atoms with Crippen LogP contribution in [-0.4, -0.2) is 41.6 Å². The van der Waals surface area contributed by atoms with Crippen LogP contribution in [0.15, 0.2) is 49.2 Å². The van der Waals surface area contributed by atoms with Gasteiger partial charge < -0.3 is 14.3 Å². The average Bonchev–Trinajstić information content (AvgIpc) is 3.55. The molecule has 1 N–H and O–H groups in total. The number of aromatic amines is 1. The van der Waals surface area contributed by atoms with Crippen molar-refractivity contribution >= 4 is 11.0 Å². The lowest BCUT2D eigenvalue weighted by Gasteiger charge is -2.10. The number of aryl methyl sites for hydroxylation is 1. The van der Waals surface area contributed by atoms with Gasteiger partial charge in [0.2, 0.25) is 5.88 Å². The number of nitrogens with one attached hydrogen (secondary N) is 1. The van der Waals surface area contributed by atoms with Crippen LogP contribution in [0.2, 0.25) is 0 Å². The van der Waals surface area contributed by atoms with E-state index in [-0.39, 0.29) is 5.82 Å². The highest BCUT2D eigenvalue weighted by Gasteiger charge is 2.34. The Kier molecular flexibility index (Phi) is 5.43. The van der Waals surface area contributed by atoms with E-state index in [1.54, 1.807) is 32.5 Å². The monoisotopic (exact) mass is 505 g/mol. The summed E-state index contributed by atoms with van der Waals surface area (Å²) in [5, 5.41) is 0. The molecular weight excluding hydrogens is 483 g/mol. The van der Waals surface area contributed by atoms with Crippen LogP contribution in [0.4, 0.5) is 13.2 Å². The molecular formula is C26H22F3N7O. The van der Waals surface area contributed by atoms with Gasteiger partial charge in [-0.2, -0.15) is 13.2 Å². The highest BCUT2D eigenvalue weighted by atomic mass is 19.4. The molecule has 0 spiro atoms. The molecule has 0 atom stereocenters. The number of ether oxygens (including phenoxy) is 1. The number of hydrogen-bond donors (Lipinski definition) is 1. The standard InChI is InChI=1S/C26H22F3N7O/c1-36-12-19(26(27,28)29)34-24(36)16-5-3-14(4-6-16)9-17-10-30-18-11-31-23(35-21(17)18)20-22(15-7-8-15)32-13-33-25(20)37-2/h3-6,10-13,15,30H,7-9H2,1-2H3. The molecule has 0 saturated heterocycles. The first kappa shape index (κ1) is 23.1. The second kappa shape index (κ2) is 8.68. The van der Waals surface area contributed by atoms with Gasteiger partial charge in [-0.15, -0.1) is 0 Å². The largest absolute Gasteiger partial charge is 0.480 e. The molecule has 37 heavy (non-hydrogen) atoms. The highest BCUT2D eigenvalue weighted by molar-refractivity contribution is 5.81. The van der Waals surface area contributed by atoms with Gasteiger partial charge in [-0.05, 0) is 18.4 Å². The number of halogens is 3. The van der Waals surface area contributed by atoms with Crippen LogP contribution in [0.5, 0.6) is 5.88 Å². The zero-order valence-corrected chi connectivity index (χ0v) is 20.0. The number of aromatic nitrogens is 7. The fraction of sp³-hybridized carbons (Fsp3) is 0.269. The Hall–Kier alpha value is -4.28. The number of imidazole rings is 1. The molecule has 0 aliphatic heterocycles. The molecule has 188 valence electrons. The molecule has 4 aromatic heterocycles. The molecule has 1 fully saturated rings. The van der Waals surface area contributed by atoms with Gasteiger partial charge in [-0.3, -0.25) is 0 Å². The van der Waals surface area contributed by atoms with Gasteiger partial charge in [0.05, 0.1) is 30.0 Å². The van der Waals surface area contributed by atoms with Crippen molar-refractivity contribution in [2.45, 2.75) is 31.4 Å². The first-order chi connectivity index (χ1) is 17.8. The van der Waals surface area contributed by atoms with Gasteiger partial charge >= 0.3 is 6.18 Å². The molecule has 5 aromatic rings. The Balaban J connectivity index is 1.31. The third kappa shape index (κ3) is 4.30. The van der Waals surface area contributed by atoms with E-state index in [9.17, 15) is 13.2 Å². The van der Waals surface area contributed by atoms with Crippen LogP contribution in [0.1, 0.15) is 41.3 Å². The highest BCUT2D eigenvalue weighted by Crippen LogP contribution is 2.45. The zero-order valence-electron chi connectivity index (χ0n) is 20.0. The third-order valence-corrected chi connectivity index (χ3v) is 6.49. The maximum Gasteiger partial charge on any atom is 0.434 e. The Morgan fingerprint density at radius 2 is 1.86 bits per heavy atom. The second-order valence-corrected chi connectivity index (χ2v) is 9.12. The third-order valence-electron chi connectivity index (χ3n) is 6.49. The minimum atomic E-state index is -4.48. The van der Waals surface area contributed by atoms with Crippen LogP contribution in [-0.2, 0) is 19.6 Å². The first-order valence-corrected chi connectivity index (χ1v) is 11.7. The quantitative estimate of drug-likeness (QED) is 0.336. The maximum atomic E-state index is 13.0. The summed E-state index contributed by atoms with van der Waals surface area (Å²) in [5.41, 5.74) is 4.84. The smallest absolute Gasteiger partial charge is 0.434 e. The summed E-state index contributed by atoms with van der Waals surface area (Å²) in [6, 6.07) is 7.33. The first-order valence-electron chi connectivity index (χ1n) is 11.7. The van der Waals surface area contributed by atoms with Gasteiger partial charge in [-0.1, -0.05) is 24.3 Å². The van der Waals surface area contributed by atoms with Crippen LogP contribution in [0.3, 0.4) is 0 Å². The van der Waals surface area contributed by atoms with Crippen molar-refractivity contribution in [1.82, 2.24) is 34.5 Å². The number of hydrogen-bond acceptors (Lipinski definition) is 6. The molecule has 4 heterocycles. The molecule has 0 bridgehead atoms. The number of nitrogens with zero attached hydrogens (tertiary/aromatic N) is 6. The van der Waals surface area contributed by atoms with Crippen LogP contribution in [0, 0.1) is 0 Å². The molecule has 8 nitrogen and oxygen atoms in total. The molecule has 0 unspecified atom stereocenters. The minimum absolute atomic E-state index is 0.258. The van der Waals surface area contributed by atoms with Crippen molar-refractivity contribution in [3.05, 3.63) is 71.7 Å². The van der Waals surface area contributed by atoms with Crippen molar-refractivity contribution < 1.29 is 17.9 Å². The fourth-order valence-corrected chi connectivity index (χ4v) is 4.50. The normalized spacial score (nSPS) is 13.9. The summed E-state index contributed by atoms with van der Waals surface area (Å²) < 4.78 is 46.0. The van der Waals surface area contributed by atoms with Gasteiger partial charge in [-0.25, -0.2) is 24.9 Å². The van der Waals surface area contributed by atoms with Crippen molar-refractivity contribution in [1.29, 1.82) is 0 Å². The molecule has 1 aliphatic carbocycles. The summed E-state index contributed by atoms with van der Waals surface area (Å²) >= 11 is 0. The number of fused-ring (bicyclic) bond motifs is 1. The maximum absolute atomic E-state index is 13.0. The van der Waals surface area contributed by atoms with Crippen molar-refractivity contribution in [3.63, 3.8) is 0 Å². The Bertz CT molecular complexity index is 1600. The van der Waals surface area contributed by atoms with E-state index in [0.717, 1.165) is 52.5 Å². The van der Waals surface area contributed by atoms with Gasteiger partial charge in [0.25, 0.3) is 0 Å².